The standard InChI is InChI=1S/C14H19N5S/c1-4-14(2,3)18-12(15)19(13-17-8-9-20-13)11-6-5-7-16-10-11/h5-10H,4H2,1-3H3,(H2,15,18). The second-order valence-electron chi connectivity index (χ2n) is 5.00. The minimum absolute atomic E-state index is 0.207. The number of guanidine groups is 1. The Morgan fingerprint density at radius 2 is 2.25 bits per heavy atom. The molecule has 0 saturated carbocycles. The quantitative estimate of drug-likeness (QED) is 0.693. The van der Waals surface area contributed by atoms with Crippen LogP contribution in [0, 0.1) is 0 Å². The molecule has 0 atom stereocenters. The Hall–Kier alpha value is -1.95. The molecule has 0 aromatic carbocycles. The van der Waals surface area contributed by atoms with Crippen LogP contribution in [0.4, 0.5) is 10.8 Å². The Kier molecular flexibility index (Phi) is 4.34. The third-order valence-corrected chi connectivity index (χ3v) is 3.78. The van der Waals surface area contributed by atoms with E-state index >= 15 is 0 Å². The zero-order valence-corrected chi connectivity index (χ0v) is 12.8. The van der Waals surface area contributed by atoms with Crippen LogP contribution in [0.15, 0.2) is 41.1 Å². The molecule has 106 valence electrons. The molecule has 2 aromatic heterocycles. The molecule has 6 heteroatoms. The number of thiazole rings is 1. The number of nitrogens with zero attached hydrogens (tertiary/aromatic N) is 4. The van der Waals surface area contributed by atoms with Crippen LogP contribution in [0.1, 0.15) is 27.2 Å². The minimum Gasteiger partial charge on any atom is -0.369 e. The van der Waals surface area contributed by atoms with E-state index < -0.39 is 0 Å². The Bertz CT molecular complexity index is 563. The number of pyridine rings is 1. The lowest BCUT2D eigenvalue weighted by Crippen LogP contribution is -2.36. The number of anilines is 2. The summed E-state index contributed by atoms with van der Waals surface area (Å²) < 4.78 is 0. The molecule has 0 aliphatic rings. The maximum Gasteiger partial charge on any atom is 0.202 e. The molecule has 0 aliphatic heterocycles. The summed E-state index contributed by atoms with van der Waals surface area (Å²) in [5, 5.41) is 2.70. The lowest BCUT2D eigenvalue weighted by atomic mass is 10.0. The second kappa shape index (κ2) is 6.00. The van der Waals surface area contributed by atoms with E-state index in [1.54, 1.807) is 18.6 Å². The number of aromatic nitrogens is 2. The molecule has 0 radical (unpaired) electrons. The fraction of sp³-hybridized carbons (Fsp3) is 0.357. The highest BCUT2D eigenvalue weighted by molar-refractivity contribution is 7.13. The number of hydrogen-bond donors (Lipinski definition) is 1. The minimum atomic E-state index is -0.207. The zero-order valence-electron chi connectivity index (χ0n) is 11.9. The first kappa shape index (κ1) is 14.5. The van der Waals surface area contributed by atoms with Crippen molar-refractivity contribution in [3.63, 3.8) is 0 Å². The highest BCUT2D eigenvalue weighted by Gasteiger charge is 2.20. The monoisotopic (exact) mass is 289 g/mol. The first-order valence-electron chi connectivity index (χ1n) is 6.48. The van der Waals surface area contributed by atoms with Gasteiger partial charge in [0.25, 0.3) is 0 Å². The van der Waals surface area contributed by atoms with Crippen molar-refractivity contribution in [3.05, 3.63) is 36.1 Å². The van der Waals surface area contributed by atoms with Crippen LogP contribution in [0.25, 0.3) is 0 Å². The summed E-state index contributed by atoms with van der Waals surface area (Å²) in [5.41, 5.74) is 6.87. The molecule has 0 unspecified atom stereocenters. The van der Waals surface area contributed by atoms with Crippen LogP contribution in [-0.4, -0.2) is 21.5 Å². The molecule has 2 aromatic rings. The van der Waals surface area contributed by atoms with Crippen molar-refractivity contribution in [1.82, 2.24) is 9.97 Å². The van der Waals surface area contributed by atoms with Crippen LogP contribution >= 0.6 is 11.3 Å². The van der Waals surface area contributed by atoms with Crippen molar-refractivity contribution in [1.29, 1.82) is 0 Å². The van der Waals surface area contributed by atoms with E-state index in [1.807, 2.05) is 22.4 Å². The fourth-order valence-electron chi connectivity index (χ4n) is 1.59. The molecule has 0 bridgehead atoms. The highest BCUT2D eigenvalue weighted by atomic mass is 32.1. The predicted octanol–water partition coefficient (Wildman–Crippen LogP) is 3.18. The molecule has 2 N–H and O–H groups in total. The SMILES string of the molecule is CCC(C)(C)N=C(N)N(c1cccnc1)c1nccs1. The normalized spacial score (nSPS) is 12.4. The van der Waals surface area contributed by atoms with Crippen molar-refractivity contribution in [2.45, 2.75) is 32.7 Å². The topological polar surface area (TPSA) is 67.4 Å². The van der Waals surface area contributed by atoms with E-state index in [0.29, 0.717) is 5.96 Å². The number of rotatable bonds is 4. The maximum absolute atomic E-state index is 6.22. The van der Waals surface area contributed by atoms with Crippen LogP contribution in [0.5, 0.6) is 0 Å². The summed E-state index contributed by atoms with van der Waals surface area (Å²) in [6.07, 6.45) is 6.14. The van der Waals surface area contributed by atoms with Crippen LogP contribution in [0.2, 0.25) is 0 Å². The van der Waals surface area contributed by atoms with Crippen LogP contribution < -0.4 is 10.6 Å². The number of nitrogens with two attached hydrogens (primary N) is 1. The molecule has 0 amide bonds. The molecule has 0 spiro atoms. The average molecular weight is 289 g/mol. The van der Waals surface area contributed by atoms with E-state index in [9.17, 15) is 0 Å². The van der Waals surface area contributed by atoms with Crippen LogP contribution in [0.3, 0.4) is 0 Å². The molecular weight excluding hydrogens is 270 g/mol. The molecule has 0 fully saturated rings. The Morgan fingerprint density at radius 3 is 2.80 bits per heavy atom. The zero-order chi connectivity index (χ0) is 14.6. The van der Waals surface area contributed by atoms with Crippen molar-refractivity contribution in [3.8, 4) is 0 Å². The molecule has 0 saturated heterocycles. The van der Waals surface area contributed by atoms with Gasteiger partial charge in [-0.15, -0.1) is 11.3 Å². The van der Waals surface area contributed by atoms with Crippen molar-refractivity contribution in [2.75, 3.05) is 4.90 Å². The number of hydrogen-bond acceptors (Lipinski definition) is 4. The summed E-state index contributed by atoms with van der Waals surface area (Å²) in [4.78, 5) is 14.9. The van der Waals surface area contributed by atoms with Gasteiger partial charge in [0, 0.05) is 17.8 Å². The third-order valence-electron chi connectivity index (χ3n) is 3.03. The predicted molar refractivity (Wildman–Crippen MR) is 84.5 cm³/mol. The largest absolute Gasteiger partial charge is 0.369 e. The molecule has 2 heterocycles. The van der Waals surface area contributed by atoms with Gasteiger partial charge < -0.3 is 5.73 Å². The maximum atomic E-state index is 6.22. The van der Waals surface area contributed by atoms with Gasteiger partial charge in [-0.2, -0.15) is 0 Å². The third kappa shape index (κ3) is 3.33. The van der Waals surface area contributed by atoms with Crippen molar-refractivity contribution in [2.24, 2.45) is 10.7 Å². The highest BCUT2D eigenvalue weighted by Crippen LogP contribution is 2.27. The van der Waals surface area contributed by atoms with Gasteiger partial charge in [0.15, 0.2) is 5.13 Å². The van der Waals surface area contributed by atoms with Crippen molar-refractivity contribution < 1.29 is 0 Å². The van der Waals surface area contributed by atoms with Gasteiger partial charge in [0.05, 0.1) is 17.4 Å². The first-order chi connectivity index (χ1) is 9.53. The smallest absolute Gasteiger partial charge is 0.202 e. The van der Waals surface area contributed by atoms with E-state index in [1.165, 1.54) is 11.3 Å². The lowest BCUT2D eigenvalue weighted by Gasteiger charge is -2.24. The summed E-state index contributed by atoms with van der Waals surface area (Å²) in [7, 11) is 0. The molecule has 0 aliphatic carbocycles. The first-order valence-corrected chi connectivity index (χ1v) is 7.36. The Labute approximate surface area is 123 Å². The Morgan fingerprint density at radius 1 is 1.45 bits per heavy atom. The van der Waals surface area contributed by atoms with E-state index in [2.05, 4.69) is 35.7 Å². The average Bonchev–Trinajstić information content (AvgIpc) is 2.93. The number of aliphatic imine (C=N–C) groups is 1. The second-order valence-corrected chi connectivity index (χ2v) is 5.87. The fourth-order valence-corrected chi connectivity index (χ4v) is 2.26. The van der Waals surface area contributed by atoms with Gasteiger partial charge in [-0.05, 0) is 32.4 Å². The summed E-state index contributed by atoms with van der Waals surface area (Å²) >= 11 is 1.51. The lowest BCUT2D eigenvalue weighted by molar-refractivity contribution is 0.504. The van der Waals surface area contributed by atoms with E-state index in [-0.39, 0.29) is 5.54 Å². The van der Waals surface area contributed by atoms with Gasteiger partial charge in [-0.25, -0.2) is 9.98 Å². The van der Waals surface area contributed by atoms with Gasteiger partial charge in [0.2, 0.25) is 5.96 Å². The van der Waals surface area contributed by atoms with Gasteiger partial charge in [-0.1, -0.05) is 6.92 Å². The van der Waals surface area contributed by atoms with Crippen molar-refractivity contribution >= 4 is 28.1 Å². The molecule has 2 rings (SSSR count). The van der Waals surface area contributed by atoms with Crippen LogP contribution in [-0.2, 0) is 0 Å². The van der Waals surface area contributed by atoms with Gasteiger partial charge in [0.1, 0.15) is 0 Å². The molecule has 5 nitrogen and oxygen atoms in total. The molecular formula is C14H19N5S. The summed E-state index contributed by atoms with van der Waals surface area (Å²) in [6, 6.07) is 3.81. The Balaban J connectivity index is 2.43. The molecule has 20 heavy (non-hydrogen) atoms. The summed E-state index contributed by atoms with van der Waals surface area (Å²) in [5.74, 6) is 0.430. The van der Waals surface area contributed by atoms with E-state index in [4.69, 9.17) is 5.73 Å². The van der Waals surface area contributed by atoms with E-state index in [0.717, 1.165) is 17.2 Å². The summed E-state index contributed by atoms with van der Waals surface area (Å²) in [6.45, 7) is 6.21. The van der Waals surface area contributed by atoms with Gasteiger partial charge >= 0.3 is 0 Å². The van der Waals surface area contributed by atoms with Gasteiger partial charge in [-0.3, -0.25) is 9.88 Å².